The Morgan fingerprint density at radius 3 is 2.87 bits per heavy atom. The van der Waals surface area contributed by atoms with E-state index in [1.165, 1.54) is 12.8 Å². The molecule has 124 valence electrons. The lowest BCUT2D eigenvalue weighted by Gasteiger charge is -2.22. The minimum absolute atomic E-state index is 0. The second-order valence-corrected chi connectivity index (χ2v) is 5.84. The molecule has 1 aromatic carbocycles. The van der Waals surface area contributed by atoms with E-state index in [1.807, 2.05) is 43.3 Å². The molecule has 1 aliphatic heterocycles. The molecule has 0 aliphatic carbocycles. The number of aromatic nitrogens is 2. The van der Waals surface area contributed by atoms with Gasteiger partial charge in [-0.1, -0.05) is 18.2 Å². The maximum Gasteiger partial charge on any atom is 0.271 e. The van der Waals surface area contributed by atoms with E-state index in [0.717, 1.165) is 24.5 Å². The van der Waals surface area contributed by atoms with Gasteiger partial charge < -0.3 is 10.6 Å². The molecule has 1 aromatic heterocycles. The second-order valence-electron chi connectivity index (χ2n) is 5.84. The number of benzene rings is 1. The average Bonchev–Trinajstić information content (AvgIpc) is 2.96. The first-order valence-electron chi connectivity index (χ1n) is 7.85. The van der Waals surface area contributed by atoms with Gasteiger partial charge in [0.1, 0.15) is 0 Å². The Balaban J connectivity index is 0.00000192. The van der Waals surface area contributed by atoms with Crippen molar-refractivity contribution in [3.63, 3.8) is 0 Å². The Labute approximate surface area is 142 Å². The van der Waals surface area contributed by atoms with Crippen LogP contribution in [0, 0.1) is 12.8 Å². The summed E-state index contributed by atoms with van der Waals surface area (Å²) >= 11 is 0. The number of hydrogen-bond acceptors (Lipinski definition) is 3. The molecule has 2 N–H and O–H groups in total. The Bertz CT molecular complexity index is 635. The van der Waals surface area contributed by atoms with Crippen LogP contribution in [-0.2, 0) is 0 Å². The molecule has 6 heteroatoms. The van der Waals surface area contributed by atoms with E-state index in [1.54, 1.807) is 4.68 Å². The molecule has 2 heterocycles. The van der Waals surface area contributed by atoms with Crippen LogP contribution in [0.25, 0.3) is 5.69 Å². The van der Waals surface area contributed by atoms with Gasteiger partial charge in [-0.05, 0) is 57.0 Å². The van der Waals surface area contributed by atoms with Gasteiger partial charge in [0.2, 0.25) is 0 Å². The highest BCUT2D eigenvalue weighted by molar-refractivity contribution is 5.92. The van der Waals surface area contributed by atoms with Gasteiger partial charge in [0, 0.05) is 12.2 Å². The van der Waals surface area contributed by atoms with E-state index in [9.17, 15) is 4.79 Å². The van der Waals surface area contributed by atoms with Crippen molar-refractivity contribution >= 4 is 18.3 Å². The van der Waals surface area contributed by atoms with Crippen LogP contribution in [0.4, 0.5) is 0 Å². The highest BCUT2D eigenvalue weighted by atomic mass is 35.5. The molecule has 0 radical (unpaired) electrons. The van der Waals surface area contributed by atoms with E-state index < -0.39 is 0 Å². The lowest BCUT2D eigenvalue weighted by molar-refractivity contribution is 0.0939. The standard InChI is InChI=1S/C17H22N4O.ClH/c1-13-10-16(20-21(13)15-7-3-2-4-8-15)17(22)19-12-14-6-5-9-18-11-14;/h2-4,7-8,10,14,18H,5-6,9,11-12H2,1H3,(H,19,22);1H. The Kier molecular flexibility index (Phi) is 6.19. The van der Waals surface area contributed by atoms with Crippen molar-refractivity contribution in [3.05, 3.63) is 47.8 Å². The topological polar surface area (TPSA) is 59.0 Å². The Morgan fingerprint density at radius 1 is 1.39 bits per heavy atom. The zero-order valence-electron chi connectivity index (χ0n) is 13.3. The monoisotopic (exact) mass is 334 g/mol. The summed E-state index contributed by atoms with van der Waals surface area (Å²) in [7, 11) is 0. The van der Waals surface area contributed by atoms with Crippen molar-refractivity contribution in [3.8, 4) is 5.69 Å². The number of aryl methyl sites for hydroxylation is 1. The van der Waals surface area contributed by atoms with E-state index >= 15 is 0 Å². The van der Waals surface area contributed by atoms with Crippen LogP contribution in [0.5, 0.6) is 0 Å². The lowest BCUT2D eigenvalue weighted by atomic mass is 10.00. The number of hydrogen-bond donors (Lipinski definition) is 2. The van der Waals surface area contributed by atoms with Crippen LogP contribution in [0.1, 0.15) is 29.0 Å². The van der Waals surface area contributed by atoms with Crippen molar-refractivity contribution in [2.45, 2.75) is 19.8 Å². The normalized spacial score (nSPS) is 17.3. The van der Waals surface area contributed by atoms with Gasteiger partial charge in [-0.3, -0.25) is 4.79 Å². The van der Waals surface area contributed by atoms with Crippen molar-refractivity contribution in [1.29, 1.82) is 0 Å². The van der Waals surface area contributed by atoms with E-state index in [4.69, 9.17) is 0 Å². The van der Waals surface area contributed by atoms with Crippen LogP contribution >= 0.6 is 12.4 Å². The highest BCUT2D eigenvalue weighted by Gasteiger charge is 2.17. The number of carbonyl (C=O) groups excluding carboxylic acids is 1. The maximum atomic E-state index is 12.3. The van der Waals surface area contributed by atoms with E-state index in [-0.39, 0.29) is 18.3 Å². The quantitative estimate of drug-likeness (QED) is 0.902. The Morgan fingerprint density at radius 2 is 2.17 bits per heavy atom. The number of nitrogens with one attached hydrogen (secondary N) is 2. The van der Waals surface area contributed by atoms with Crippen LogP contribution in [0.15, 0.2) is 36.4 Å². The fourth-order valence-corrected chi connectivity index (χ4v) is 2.84. The lowest BCUT2D eigenvalue weighted by Crippen LogP contribution is -2.38. The highest BCUT2D eigenvalue weighted by Crippen LogP contribution is 2.12. The predicted molar refractivity (Wildman–Crippen MR) is 93.5 cm³/mol. The summed E-state index contributed by atoms with van der Waals surface area (Å²) in [5.74, 6) is 0.429. The molecule has 0 saturated carbocycles. The first kappa shape index (κ1) is 17.5. The predicted octanol–water partition coefficient (Wildman–Crippen LogP) is 2.33. The number of para-hydroxylation sites is 1. The van der Waals surface area contributed by atoms with Crippen LogP contribution < -0.4 is 10.6 Å². The average molecular weight is 335 g/mol. The second kappa shape index (κ2) is 8.13. The maximum absolute atomic E-state index is 12.3. The minimum Gasteiger partial charge on any atom is -0.350 e. The number of amides is 1. The molecule has 2 aromatic rings. The van der Waals surface area contributed by atoms with Crippen molar-refractivity contribution in [2.24, 2.45) is 5.92 Å². The molecule has 1 amide bonds. The number of nitrogens with zero attached hydrogens (tertiary/aromatic N) is 2. The molecular weight excluding hydrogens is 312 g/mol. The zero-order valence-corrected chi connectivity index (χ0v) is 14.1. The fraction of sp³-hybridized carbons (Fsp3) is 0.412. The molecular formula is C17H23ClN4O. The SMILES string of the molecule is Cc1cc(C(=O)NCC2CCCNC2)nn1-c1ccccc1.Cl. The molecule has 0 spiro atoms. The van der Waals surface area contributed by atoms with E-state index in [2.05, 4.69) is 15.7 Å². The molecule has 1 atom stereocenters. The van der Waals surface area contributed by atoms with Gasteiger partial charge in [0.05, 0.1) is 5.69 Å². The molecule has 23 heavy (non-hydrogen) atoms. The smallest absolute Gasteiger partial charge is 0.271 e. The van der Waals surface area contributed by atoms with Crippen LogP contribution in [0.3, 0.4) is 0 Å². The number of carbonyl (C=O) groups is 1. The number of halogens is 1. The fourth-order valence-electron chi connectivity index (χ4n) is 2.84. The molecule has 1 unspecified atom stereocenters. The van der Waals surface area contributed by atoms with Crippen LogP contribution in [-0.4, -0.2) is 35.3 Å². The van der Waals surface area contributed by atoms with Crippen LogP contribution in [0.2, 0.25) is 0 Å². The molecule has 1 saturated heterocycles. The summed E-state index contributed by atoms with van der Waals surface area (Å²) in [5, 5.41) is 10.8. The number of rotatable bonds is 4. The largest absolute Gasteiger partial charge is 0.350 e. The summed E-state index contributed by atoms with van der Waals surface area (Å²) in [6.45, 7) is 4.74. The first-order chi connectivity index (χ1) is 10.7. The molecule has 3 rings (SSSR count). The van der Waals surface area contributed by atoms with Gasteiger partial charge in [0.25, 0.3) is 5.91 Å². The third-order valence-corrected chi connectivity index (χ3v) is 4.07. The summed E-state index contributed by atoms with van der Waals surface area (Å²) < 4.78 is 1.80. The molecule has 0 bridgehead atoms. The van der Waals surface area contributed by atoms with Gasteiger partial charge >= 0.3 is 0 Å². The van der Waals surface area contributed by atoms with E-state index in [0.29, 0.717) is 18.2 Å². The van der Waals surface area contributed by atoms with Gasteiger partial charge in [0.15, 0.2) is 5.69 Å². The first-order valence-corrected chi connectivity index (χ1v) is 7.85. The summed E-state index contributed by atoms with van der Waals surface area (Å²) in [6, 6.07) is 11.7. The van der Waals surface area contributed by atoms with Gasteiger partial charge in [-0.15, -0.1) is 12.4 Å². The van der Waals surface area contributed by atoms with Gasteiger partial charge in [-0.2, -0.15) is 5.10 Å². The van der Waals surface area contributed by atoms with Crippen molar-refractivity contribution < 1.29 is 4.79 Å². The summed E-state index contributed by atoms with van der Waals surface area (Å²) in [4.78, 5) is 12.3. The molecule has 5 nitrogen and oxygen atoms in total. The van der Waals surface area contributed by atoms with Crippen molar-refractivity contribution in [2.75, 3.05) is 19.6 Å². The third kappa shape index (κ3) is 4.33. The van der Waals surface area contributed by atoms with Crippen molar-refractivity contribution in [1.82, 2.24) is 20.4 Å². The summed E-state index contributed by atoms with van der Waals surface area (Å²) in [6.07, 6.45) is 2.35. The molecule has 1 fully saturated rings. The molecule has 1 aliphatic rings. The Hall–Kier alpha value is -1.85. The number of piperidine rings is 1. The third-order valence-electron chi connectivity index (χ3n) is 4.07. The minimum atomic E-state index is -0.0941. The zero-order chi connectivity index (χ0) is 15.4. The van der Waals surface area contributed by atoms with Gasteiger partial charge in [-0.25, -0.2) is 4.68 Å². The summed E-state index contributed by atoms with van der Waals surface area (Å²) in [5.41, 5.74) is 2.40.